The average molecular weight is 471 g/mol. The molecule has 0 aromatic heterocycles. The van der Waals surface area contributed by atoms with Crippen molar-refractivity contribution in [2.45, 2.75) is 18.4 Å². The zero-order valence-electron chi connectivity index (χ0n) is 17.6. The van der Waals surface area contributed by atoms with E-state index >= 15 is 0 Å². The number of carbonyl (C=O) groups excluding carboxylic acids is 1. The molecule has 3 aromatic rings. The van der Waals surface area contributed by atoms with Gasteiger partial charge in [0.2, 0.25) is 15.9 Å². The van der Waals surface area contributed by atoms with Gasteiger partial charge in [0.25, 0.3) is 0 Å². The molecule has 0 saturated carbocycles. The van der Waals surface area contributed by atoms with E-state index in [4.69, 9.17) is 16.3 Å². The number of rotatable bonds is 6. The third-order valence-corrected chi connectivity index (χ3v) is 7.29. The number of hydrogen-bond donors (Lipinski definition) is 0. The maximum absolute atomic E-state index is 13.5. The molecule has 4 rings (SSSR count). The standard InChI is InChI=1S/C24H23ClN2O4S/c1-18-5-4-6-19(15-18)16-26(32(29,30)21-11-9-20(25)10-12-21)17-24(28)27-13-14-31-23-8-3-2-7-22(23)27/h2-12,15H,13-14,16-17H2,1H3. The van der Waals surface area contributed by atoms with Crippen LogP contribution in [0.3, 0.4) is 0 Å². The summed E-state index contributed by atoms with van der Waals surface area (Å²) in [6.45, 7) is 2.43. The van der Waals surface area contributed by atoms with Gasteiger partial charge in [0.15, 0.2) is 0 Å². The highest BCUT2D eigenvalue weighted by Crippen LogP contribution is 2.31. The molecule has 1 aliphatic heterocycles. The normalized spacial score (nSPS) is 13.5. The van der Waals surface area contributed by atoms with Crippen LogP contribution >= 0.6 is 11.6 Å². The lowest BCUT2D eigenvalue weighted by Crippen LogP contribution is -2.45. The predicted molar refractivity (Wildman–Crippen MR) is 125 cm³/mol. The summed E-state index contributed by atoms with van der Waals surface area (Å²) in [6.07, 6.45) is 0. The molecule has 0 unspecified atom stereocenters. The molecule has 6 nitrogen and oxygen atoms in total. The van der Waals surface area contributed by atoms with Crippen LogP contribution in [0, 0.1) is 6.92 Å². The number of sulfonamides is 1. The molecule has 1 aliphatic rings. The highest BCUT2D eigenvalue weighted by atomic mass is 35.5. The molecule has 1 amide bonds. The van der Waals surface area contributed by atoms with Crippen LogP contribution in [0.5, 0.6) is 5.75 Å². The number of benzene rings is 3. The van der Waals surface area contributed by atoms with Crippen LogP contribution < -0.4 is 9.64 Å². The lowest BCUT2D eigenvalue weighted by molar-refractivity contribution is -0.119. The fourth-order valence-electron chi connectivity index (χ4n) is 3.66. The maximum atomic E-state index is 13.5. The van der Waals surface area contributed by atoms with Crippen molar-refractivity contribution in [3.8, 4) is 5.75 Å². The smallest absolute Gasteiger partial charge is 0.243 e. The first-order valence-electron chi connectivity index (χ1n) is 10.2. The Labute approximate surface area is 193 Å². The van der Waals surface area contributed by atoms with Gasteiger partial charge in [0.05, 0.1) is 23.7 Å². The van der Waals surface area contributed by atoms with Crippen molar-refractivity contribution < 1.29 is 17.9 Å². The molecule has 3 aromatic carbocycles. The number of halogens is 1. The van der Waals surface area contributed by atoms with Gasteiger partial charge in [0.1, 0.15) is 12.4 Å². The van der Waals surface area contributed by atoms with E-state index < -0.39 is 10.0 Å². The van der Waals surface area contributed by atoms with E-state index in [0.717, 1.165) is 11.1 Å². The van der Waals surface area contributed by atoms with Crippen molar-refractivity contribution in [3.05, 3.63) is 88.9 Å². The molecule has 0 aliphatic carbocycles. The summed E-state index contributed by atoms with van der Waals surface area (Å²) in [4.78, 5) is 15.0. The van der Waals surface area contributed by atoms with Gasteiger partial charge in [0, 0.05) is 11.6 Å². The van der Waals surface area contributed by atoms with Crippen LogP contribution in [-0.2, 0) is 21.4 Å². The van der Waals surface area contributed by atoms with Gasteiger partial charge in [-0.15, -0.1) is 0 Å². The van der Waals surface area contributed by atoms with Gasteiger partial charge >= 0.3 is 0 Å². The number of carbonyl (C=O) groups is 1. The van der Waals surface area contributed by atoms with Crippen molar-refractivity contribution in [2.24, 2.45) is 0 Å². The number of ether oxygens (including phenoxy) is 1. The van der Waals surface area contributed by atoms with E-state index in [1.807, 2.05) is 43.3 Å². The van der Waals surface area contributed by atoms with Crippen molar-refractivity contribution in [1.82, 2.24) is 4.31 Å². The summed E-state index contributed by atoms with van der Waals surface area (Å²) in [5, 5.41) is 0.440. The van der Waals surface area contributed by atoms with E-state index in [0.29, 0.717) is 29.6 Å². The van der Waals surface area contributed by atoms with Gasteiger partial charge < -0.3 is 9.64 Å². The van der Waals surface area contributed by atoms with Gasteiger partial charge in [-0.3, -0.25) is 4.79 Å². The molecule has 0 bridgehead atoms. The van der Waals surface area contributed by atoms with Crippen LogP contribution in [-0.4, -0.2) is 38.3 Å². The SMILES string of the molecule is Cc1cccc(CN(CC(=O)N2CCOc3ccccc32)S(=O)(=O)c2ccc(Cl)cc2)c1. The molecule has 0 atom stereocenters. The Hall–Kier alpha value is -2.87. The number of para-hydroxylation sites is 2. The minimum absolute atomic E-state index is 0.0738. The Bertz CT molecular complexity index is 1230. The Balaban J connectivity index is 1.66. The van der Waals surface area contributed by atoms with Crippen LogP contribution in [0.4, 0.5) is 5.69 Å². The Morgan fingerprint density at radius 2 is 1.81 bits per heavy atom. The summed E-state index contributed by atoms with van der Waals surface area (Å²) in [5.74, 6) is 0.295. The highest BCUT2D eigenvalue weighted by molar-refractivity contribution is 7.89. The van der Waals surface area contributed by atoms with Crippen molar-refractivity contribution >= 4 is 33.2 Å². The fraction of sp³-hybridized carbons (Fsp3) is 0.208. The lowest BCUT2D eigenvalue weighted by Gasteiger charge is -2.31. The molecule has 0 N–H and O–H groups in total. The van der Waals surface area contributed by atoms with Gasteiger partial charge in [-0.05, 0) is 48.9 Å². The number of nitrogens with zero attached hydrogens (tertiary/aromatic N) is 2. The number of amides is 1. The van der Waals surface area contributed by atoms with Gasteiger partial charge in [-0.25, -0.2) is 8.42 Å². The largest absolute Gasteiger partial charge is 0.490 e. The van der Waals surface area contributed by atoms with Crippen LogP contribution in [0.1, 0.15) is 11.1 Å². The minimum atomic E-state index is -3.94. The van der Waals surface area contributed by atoms with E-state index in [1.165, 1.54) is 28.6 Å². The number of hydrogen-bond acceptors (Lipinski definition) is 4. The zero-order chi connectivity index (χ0) is 22.7. The number of aryl methyl sites for hydroxylation is 1. The topological polar surface area (TPSA) is 66.9 Å². The molecule has 0 spiro atoms. The summed E-state index contributed by atoms with van der Waals surface area (Å²) < 4.78 is 33.8. The zero-order valence-corrected chi connectivity index (χ0v) is 19.1. The summed E-state index contributed by atoms with van der Waals surface area (Å²) in [5.41, 5.74) is 2.46. The maximum Gasteiger partial charge on any atom is 0.243 e. The lowest BCUT2D eigenvalue weighted by atomic mass is 10.1. The third-order valence-electron chi connectivity index (χ3n) is 5.23. The molecule has 0 radical (unpaired) electrons. The molecular formula is C24H23ClN2O4S. The van der Waals surface area contributed by atoms with Gasteiger partial charge in [-0.2, -0.15) is 4.31 Å². The van der Waals surface area contributed by atoms with Crippen LogP contribution in [0.15, 0.2) is 77.7 Å². The van der Waals surface area contributed by atoms with E-state index in [9.17, 15) is 13.2 Å². The first-order valence-corrected chi connectivity index (χ1v) is 12.0. The third kappa shape index (κ3) is 4.80. The summed E-state index contributed by atoms with van der Waals surface area (Å²) in [7, 11) is -3.94. The minimum Gasteiger partial charge on any atom is -0.490 e. The second kappa shape index (κ2) is 9.32. The van der Waals surface area contributed by atoms with Crippen LogP contribution in [0.2, 0.25) is 5.02 Å². The van der Waals surface area contributed by atoms with Gasteiger partial charge in [-0.1, -0.05) is 53.6 Å². The molecule has 8 heteroatoms. The first kappa shape index (κ1) is 22.3. The molecule has 1 heterocycles. The Morgan fingerprint density at radius 1 is 1.06 bits per heavy atom. The Morgan fingerprint density at radius 3 is 2.56 bits per heavy atom. The second-order valence-corrected chi connectivity index (χ2v) is 9.95. The van der Waals surface area contributed by atoms with E-state index in [-0.39, 0.29) is 23.9 Å². The second-order valence-electron chi connectivity index (χ2n) is 7.58. The quantitative estimate of drug-likeness (QED) is 0.539. The average Bonchev–Trinajstić information content (AvgIpc) is 2.78. The molecule has 32 heavy (non-hydrogen) atoms. The summed E-state index contributed by atoms with van der Waals surface area (Å²) in [6, 6.07) is 20.8. The molecule has 166 valence electrons. The summed E-state index contributed by atoms with van der Waals surface area (Å²) >= 11 is 5.94. The highest BCUT2D eigenvalue weighted by Gasteiger charge is 2.31. The van der Waals surface area contributed by atoms with Crippen molar-refractivity contribution in [3.63, 3.8) is 0 Å². The number of anilines is 1. The fourth-order valence-corrected chi connectivity index (χ4v) is 5.16. The molecule has 0 saturated heterocycles. The Kier molecular flexibility index (Phi) is 6.50. The first-order chi connectivity index (χ1) is 15.3. The molecular weight excluding hydrogens is 448 g/mol. The molecule has 0 fully saturated rings. The monoisotopic (exact) mass is 470 g/mol. The van der Waals surface area contributed by atoms with Crippen molar-refractivity contribution in [1.29, 1.82) is 0 Å². The van der Waals surface area contributed by atoms with E-state index in [2.05, 4.69) is 0 Å². The van der Waals surface area contributed by atoms with Crippen LogP contribution in [0.25, 0.3) is 0 Å². The predicted octanol–water partition coefficient (Wildman–Crippen LogP) is 4.26. The number of fused-ring (bicyclic) bond motifs is 1. The van der Waals surface area contributed by atoms with Crippen molar-refractivity contribution in [2.75, 3.05) is 24.6 Å². The van der Waals surface area contributed by atoms with E-state index in [1.54, 1.807) is 17.0 Å².